The van der Waals surface area contributed by atoms with Gasteiger partial charge in [0.05, 0.1) is 25.4 Å². The molecule has 0 aromatic heterocycles. The van der Waals surface area contributed by atoms with Crippen LogP contribution in [0.4, 0.5) is 0 Å². The number of methoxy groups -OCH3 is 1. The van der Waals surface area contributed by atoms with Gasteiger partial charge in [-0.15, -0.1) is 0 Å². The third-order valence-electron chi connectivity index (χ3n) is 2.15. The minimum Gasteiger partial charge on any atom is -0.382 e. The van der Waals surface area contributed by atoms with Gasteiger partial charge in [-0.1, -0.05) is 6.92 Å². The number of hydrogen-bond acceptors (Lipinski definition) is 4. The van der Waals surface area contributed by atoms with E-state index in [-0.39, 0.29) is 5.91 Å². The first kappa shape index (κ1) is 15.3. The first-order valence-electron chi connectivity index (χ1n) is 5.64. The number of carbonyl (C=O) groups is 1. The molecular formula is C11H24N2O3. The Balaban J connectivity index is 3.57. The highest BCUT2D eigenvalue weighted by molar-refractivity contribution is 5.85. The van der Waals surface area contributed by atoms with Crippen LogP contribution in [-0.2, 0) is 14.3 Å². The molecule has 0 heterocycles. The van der Waals surface area contributed by atoms with Crippen LogP contribution in [0, 0.1) is 0 Å². The number of ether oxygens (including phenoxy) is 2. The van der Waals surface area contributed by atoms with Crippen LogP contribution in [0.1, 0.15) is 20.8 Å². The molecule has 96 valence electrons. The van der Waals surface area contributed by atoms with Crippen molar-refractivity contribution in [2.24, 2.45) is 0 Å². The lowest BCUT2D eigenvalue weighted by atomic mass is 10.1. The molecular weight excluding hydrogens is 208 g/mol. The number of rotatable bonds is 9. The van der Waals surface area contributed by atoms with Crippen LogP contribution in [0.5, 0.6) is 0 Å². The van der Waals surface area contributed by atoms with Crippen molar-refractivity contribution in [2.75, 3.05) is 40.0 Å². The molecule has 0 bridgehead atoms. The first-order chi connectivity index (χ1) is 7.54. The standard InChI is InChI=1S/C11H24N2O3/c1-5-13-11(2,3)10(14)12-6-7-16-9-8-15-4/h13H,5-9H2,1-4H3,(H,12,14). The molecule has 5 heteroatoms. The quantitative estimate of drug-likeness (QED) is 0.556. The second-order valence-electron chi connectivity index (χ2n) is 4.02. The minimum absolute atomic E-state index is 0.00954. The molecule has 0 unspecified atom stereocenters. The molecule has 2 N–H and O–H groups in total. The van der Waals surface area contributed by atoms with Crippen molar-refractivity contribution in [3.63, 3.8) is 0 Å². The van der Waals surface area contributed by atoms with Crippen molar-refractivity contribution in [2.45, 2.75) is 26.3 Å². The van der Waals surface area contributed by atoms with Gasteiger partial charge in [-0.25, -0.2) is 0 Å². The van der Waals surface area contributed by atoms with Gasteiger partial charge >= 0.3 is 0 Å². The fraction of sp³-hybridized carbons (Fsp3) is 0.909. The van der Waals surface area contributed by atoms with E-state index in [2.05, 4.69) is 10.6 Å². The van der Waals surface area contributed by atoms with Gasteiger partial charge in [0.2, 0.25) is 5.91 Å². The zero-order valence-electron chi connectivity index (χ0n) is 10.8. The van der Waals surface area contributed by atoms with Gasteiger partial charge in [0.25, 0.3) is 0 Å². The summed E-state index contributed by atoms with van der Waals surface area (Å²) in [6.45, 7) is 8.64. The van der Waals surface area contributed by atoms with Gasteiger partial charge in [0, 0.05) is 13.7 Å². The summed E-state index contributed by atoms with van der Waals surface area (Å²) < 4.78 is 10.1. The monoisotopic (exact) mass is 232 g/mol. The molecule has 0 aliphatic rings. The van der Waals surface area contributed by atoms with E-state index < -0.39 is 5.54 Å². The van der Waals surface area contributed by atoms with E-state index in [1.54, 1.807) is 7.11 Å². The lowest BCUT2D eigenvalue weighted by molar-refractivity contribution is -0.126. The lowest BCUT2D eigenvalue weighted by Gasteiger charge is -2.24. The maximum Gasteiger partial charge on any atom is 0.239 e. The molecule has 0 rings (SSSR count). The normalized spacial score (nSPS) is 11.5. The fourth-order valence-corrected chi connectivity index (χ4v) is 1.22. The van der Waals surface area contributed by atoms with E-state index in [0.717, 1.165) is 6.54 Å². The summed E-state index contributed by atoms with van der Waals surface area (Å²) in [5.41, 5.74) is -0.527. The van der Waals surface area contributed by atoms with Gasteiger partial charge in [-0.2, -0.15) is 0 Å². The van der Waals surface area contributed by atoms with Crippen LogP contribution >= 0.6 is 0 Å². The van der Waals surface area contributed by atoms with Crippen molar-refractivity contribution in [3.8, 4) is 0 Å². The first-order valence-corrected chi connectivity index (χ1v) is 5.64. The predicted molar refractivity (Wildman–Crippen MR) is 63.5 cm³/mol. The summed E-state index contributed by atoms with van der Waals surface area (Å²) in [5, 5.41) is 5.93. The summed E-state index contributed by atoms with van der Waals surface area (Å²) in [4.78, 5) is 11.7. The van der Waals surface area contributed by atoms with E-state index >= 15 is 0 Å². The van der Waals surface area contributed by atoms with Crippen molar-refractivity contribution >= 4 is 5.91 Å². The fourth-order valence-electron chi connectivity index (χ4n) is 1.22. The Morgan fingerprint density at radius 1 is 1.25 bits per heavy atom. The molecule has 0 radical (unpaired) electrons. The van der Waals surface area contributed by atoms with Crippen LogP contribution in [0.15, 0.2) is 0 Å². The highest BCUT2D eigenvalue weighted by atomic mass is 16.5. The number of carbonyl (C=O) groups excluding carboxylic acids is 1. The Bertz CT molecular complexity index is 196. The summed E-state index contributed by atoms with van der Waals surface area (Å²) in [6.07, 6.45) is 0. The average Bonchev–Trinajstić information content (AvgIpc) is 2.22. The molecule has 0 aromatic carbocycles. The molecule has 1 amide bonds. The Labute approximate surface area is 97.9 Å². The third-order valence-corrected chi connectivity index (χ3v) is 2.15. The summed E-state index contributed by atoms with van der Waals surface area (Å²) in [6, 6.07) is 0. The van der Waals surface area contributed by atoms with Gasteiger partial charge in [0.15, 0.2) is 0 Å². The van der Waals surface area contributed by atoms with E-state index in [9.17, 15) is 4.79 Å². The molecule has 0 saturated heterocycles. The summed E-state index contributed by atoms with van der Waals surface area (Å²) in [5.74, 6) is -0.00954. The van der Waals surface area contributed by atoms with E-state index in [1.165, 1.54) is 0 Å². The summed E-state index contributed by atoms with van der Waals surface area (Å²) >= 11 is 0. The number of amides is 1. The second kappa shape index (κ2) is 8.50. The average molecular weight is 232 g/mol. The van der Waals surface area contributed by atoms with Crippen molar-refractivity contribution in [3.05, 3.63) is 0 Å². The zero-order chi connectivity index (χ0) is 12.4. The SMILES string of the molecule is CCNC(C)(C)C(=O)NCCOCCOC. The van der Waals surface area contributed by atoms with Gasteiger partial charge in [-0.05, 0) is 20.4 Å². The number of nitrogens with one attached hydrogen (secondary N) is 2. The van der Waals surface area contributed by atoms with Crippen LogP contribution < -0.4 is 10.6 Å². The Kier molecular flexibility index (Phi) is 8.15. The molecule has 0 spiro atoms. The van der Waals surface area contributed by atoms with E-state index in [1.807, 2.05) is 20.8 Å². The Morgan fingerprint density at radius 3 is 2.50 bits per heavy atom. The maximum absolute atomic E-state index is 11.7. The number of likely N-dealkylation sites (N-methyl/N-ethyl adjacent to an activating group) is 1. The van der Waals surface area contributed by atoms with Crippen LogP contribution in [-0.4, -0.2) is 51.5 Å². The van der Waals surface area contributed by atoms with Gasteiger partial charge in [0.1, 0.15) is 0 Å². The zero-order valence-corrected chi connectivity index (χ0v) is 10.8. The lowest BCUT2D eigenvalue weighted by Crippen LogP contribution is -2.53. The van der Waals surface area contributed by atoms with Gasteiger partial charge < -0.3 is 20.1 Å². The third kappa shape index (κ3) is 6.76. The van der Waals surface area contributed by atoms with Crippen LogP contribution in [0.2, 0.25) is 0 Å². The molecule has 5 nitrogen and oxygen atoms in total. The molecule has 16 heavy (non-hydrogen) atoms. The van der Waals surface area contributed by atoms with Crippen molar-refractivity contribution < 1.29 is 14.3 Å². The van der Waals surface area contributed by atoms with E-state index in [0.29, 0.717) is 26.4 Å². The Hall–Kier alpha value is -0.650. The molecule has 0 aliphatic heterocycles. The van der Waals surface area contributed by atoms with Crippen LogP contribution in [0.25, 0.3) is 0 Å². The highest BCUT2D eigenvalue weighted by Crippen LogP contribution is 2.00. The molecule has 0 saturated carbocycles. The maximum atomic E-state index is 11.7. The molecule has 0 aliphatic carbocycles. The molecule has 0 fully saturated rings. The van der Waals surface area contributed by atoms with Crippen LogP contribution in [0.3, 0.4) is 0 Å². The smallest absolute Gasteiger partial charge is 0.239 e. The second-order valence-corrected chi connectivity index (χ2v) is 4.02. The highest BCUT2D eigenvalue weighted by Gasteiger charge is 2.25. The van der Waals surface area contributed by atoms with Crippen molar-refractivity contribution in [1.82, 2.24) is 10.6 Å². The van der Waals surface area contributed by atoms with Gasteiger partial charge in [-0.3, -0.25) is 4.79 Å². The molecule has 0 atom stereocenters. The largest absolute Gasteiger partial charge is 0.382 e. The predicted octanol–water partition coefficient (Wildman–Crippen LogP) is 0.154. The summed E-state index contributed by atoms with van der Waals surface area (Å²) in [7, 11) is 1.63. The number of hydrogen-bond donors (Lipinski definition) is 2. The van der Waals surface area contributed by atoms with Crippen molar-refractivity contribution in [1.29, 1.82) is 0 Å². The molecule has 0 aromatic rings. The topological polar surface area (TPSA) is 59.6 Å². The van der Waals surface area contributed by atoms with E-state index in [4.69, 9.17) is 9.47 Å². The minimum atomic E-state index is -0.527. The Morgan fingerprint density at radius 2 is 1.94 bits per heavy atom.